The van der Waals surface area contributed by atoms with E-state index in [0.29, 0.717) is 0 Å². The lowest BCUT2D eigenvalue weighted by Gasteiger charge is -2.10. The second-order valence-corrected chi connectivity index (χ2v) is 7.33. The zero-order chi connectivity index (χ0) is 11.5. The molecule has 0 aliphatic rings. The minimum atomic E-state index is 0.0410. The van der Waals surface area contributed by atoms with E-state index in [1.54, 1.807) is 11.3 Å². The normalized spacial score (nSPS) is 12.7. The maximum atomic E-state index is 6.20. The van der Waals surface area contributed by atoms with Gasteiger partial charge in [-0.1, -0.05) is 30.3 Å². The first-order chi connectivity index (χ1) is 7.66. The standard InChI is InChI=1S/C12H11Br2NS/c13-11-7-9(12(14)16-11)10(15)6-8-4-2-1-3-5-8/h1-5,7,10H,6,15H2. The van der Waals surface area contributed by atoms with Crippen LogP contribution in [0.4, 0.5) is 0 Å². The summed E-state index contributed by atoms with van der Waals surface area (Å²) in [5, 5.41) is 0. The highest BCUT2D eigenvalue weighted by Crippen LogP contribution is 2.35. The smallest absolute Gasteiger partial charge is 0.0758 e. The highest BCUT2D eigenvalue weighted by atomic mass is 79.9. The third-order valence-electron chi connectivity index (χ3n) is 2.38. The van der Waals surface area contributed by atoms with E-state index < -0.39 is 0 Å². The molecule has 1 atom stereocenters. The van der Waals surface area contributed by atoms with E-state index in [1.807, 2.05) is 18.2 Å². The summed E-state index contributed by atoms with van der Waals surface area (Å²) in [6.07, 6.45) is 0.864. The molecule has 0 amide bonds. The highest BCUT2D eigenvalue weighted by Gasteiger charge is 2.13. The maximum Gasteiger partial charge on any atom is 0.0758 e. The van der Waals surface area contributed by atoms with Crippen molar-refractivity contribution in [2.45, 2.75) is 12.5 Å². The van der Waals surface area contributed by atoms with Crippen molar-refractivity contribution in [2.24, 2.45) is 5.73 Å². The van der Waals surface area contributed by atoms with Gasteiger partial charge in [-0.25, -0.2) is 0 Å². The third-order valence-corrected chi connectivity index (χ3v) is 4.77. The number of hydrogen-bond donors (Lipinski definition) is 1. The van der Waals surface area contributed by atoms with Crippen LogP contribution in [-0.4, -0.2) is 0 Å². The Labute approximate surface area is 116 Å². The Balaban J connectivity index is 2.14. The van der Waals surface area contributed by atoms with Gasteiger partial charge in [0.1, 0.15) is 0 Å². The van der Waals surface area contributed by atoms with E-state index in [0.717, 1.165) is 14.0 Å². The van der Waals surface area contributed by atoms with Crippen LogP contribution in [0.25, 0.3) is 0 Å². The second kappa shape index (κ2) is 5.45. The average Bonchev–Trinajstić information content (AvgIpc) is 2.59. The van der Waals surface area contributed by atoms with Gasteiger partial charge >= 0.3 is 0 Å². The van der Waals surface area contributed by atoms with Crippen LogP contribution >= 0.6 is 43.2 Å². The van der Waals surface area contributed by atoms with E-state index >= 15 is 0 Å². The summed E-state index contributed by atoms with van der Waals surface area (Å²) in [6, 6.07) is 12.4. The molecule has 0 saturated heterocycles. The molecular formula is C12H11Br2NS. The number of rotatable bonds is 3. The second-order valence-electron chi connectivity index (χ2n) is 3.58. The molecule has 84 valence electrons. The van der Waals surface area contributed by atoms with Crippen LogP contribution in [0, 0.1) is 0 Å². The molecule has 2 rings (SSSR count). The Morgan fingerprint density at radius 1 is 1.19 bits per heavy atom. The summed E-state index contributed by atoms with van der Waals surface area (Å²) in [4.78, 5) is 0. The molecule has 0 spiro atoms. The van der Waals surface area contributed by atoms with Gasteiger partial charge in [0, 0.05) is 6.04 Å². The van der Waals surface area contributed by atoms with E-state index in [1.165, 1.54) is 11.1 Å². The van der Waals surface area contributed by atoms with Crippen LogP contribution in [-0.2, 0) is 6.42 Å². The molecule has 0 bridgehead atoms. The van der Waals surface area contributed by atoms with E-state index in [4.69, 9.17) is 5.73 Å². The molecule has 16 heavy (non-hydrogen) atoms. The summed E-state index contributed by atoms with van der Waals surface area (Å²) in [5.74, 6) is 0. The summed E-state index contributed by atoms with van der Waals surface area (Å²) >= 11 is 8.67. The van der Waals surface area contributed by atoms with Crippen LogP contribution < -0.4 is 5.73 Å². The summed E-state index contributed by atoms with van der Waals surface area (Å²) in [5.41, 5.74) is 8.63. The number of nitrogens with two attached hydrogens (primary N) is 1. The molecule has 0 aliphatic carbocycles. The first-order valence-corrected chi connectivity index (χ1v) is 7.31. The molecule has 0 aliphatic heterocycles. The first kappa shape index (κ1) is 12.3. The molecule has 1 heterocycles. The molecule has 0 saturated carbocycles. The van der Waals surface area contributed by atoms with Gasteiger partial charge in [-0.3, -0.25) is 0 Å². The van der Waals surface area contributed by atoms with Gasteiger partial charge in [-0.2, -0.15) is 0 Å². The molecule has 2 aromatic rings. The Morgan fingerprint density at radius 2 is 1.88 bits per heavy atom. The maximum absolute atomic E-state index is 6.20. The number of benzene rings is 1. The fourth-order valence-corrected chi connectivity index (χ4v) is 4.58. The lowest BCUT2D eigenvalue weighted by atomic mass is 10.0. The van der Waals surface area contributed by atoms with Crippen molar-refractivity contribution in [1.29, 1.82) is 0 Å². The quantitative estimate of drug-likeness (QED) is 0.855. The van der Waals surface area contributed by atoms with Crippen molar-refractivity contribution in [3.63, 3.8) is 0 Å². The van der Waals surface area contributed by atoms with E-state index in [2.05, 4.69) is 50.1 Å². The average molecular weight is 361 g/mol. The SMILES string of the molecule is NC(Cc1ccccc1)c1cc(Br)sc1Br. The highest BCUT2D eigenvalue weighted by molar-refractivity contribution is 9.12. The molecule has 0 fully saturated rings. The van der Waals surface area contributed by atoms with Gasteiger partial charge in [-0.15, -0.1) is 11.3 Å². The van der Waals surface area contributed by atoms with Gasteiger partial charge in [-0.05, 0) is 55.5 Å². The minimum Gasteiger partial charge on any atom is -0.324 e. The van der Waals surface area contributed by atoms with Gasteiger partial charge in [0.15, 0.2) is 0 Å². The van der Waals surface area contributed by atoms with Crippen molar-refractivity contribution >= 4 is 43.2 Å². The van der Waals surface area contributed by atoms with Gasteiger partial charge in [0.25, 0.3) is 0 Å². The number of thiophene rings is 1. The Bertz CT molecular complexity index is 467. The van der Waals surface area contributed by atoms with Gasteiger partial charge in [0.05, 0.1) is 7.57 Å². The van der Waals surface area contributed by atoms with Crippen molar-refractivity contribution in [3.05, 3.63) is 55.1 Å². The minimum absolute atomic E-state index is 0.0410. The van der Waals surface area contributed by atoms with Crippen molar-refractivity contribution < 1.29 is 0 Å². The van der Waals surface area contributed by atoms with Crippen LogP contribution in [0.1, 0.15) is 17.2 Å². The van der Waals surface area contributed by atoms with E-state index in [9.17, 15) is 0 Å². The molecule has 4 heteroatoms. The van der Waals surface area contributed by atoms with Crippen LogP contribution in [0.2, 0.25) is 0 Å². The zero-order valence-corrected chi connectivity index (χ0v) is 12.5. The summed E-state index contributed by atoms with van der Waals surface area (Å²) in [7, 11) is 0. The molecule has 2 N–H and O–H groups in total. The van der Waals surface area contributed by atoms with Crippen LogP contribution in [0.3, 0.4) is 0 Å². The molecule has 1 aromatic carbocycles. The summed E-state index contributed by atoms with van der Waals surface area (Å²) < 4.78 is 2.22. The van der Waals surface area contributed by atoms with Crippen LogP contribution in [0.5, 0.6) is 0 Å². The predicted octanol–water partition coefficient (Wildman–Crippen LogP) is 4.52. The molecule has 1 nitrogen and oxygen atoms in total. The largest absolute Gasteiger partial charge is 0.324 e. The predicted molar refractivity (Wildman–Crippen MR) is 76.8 cm³/mol. The fourth-order valence-electron chi connectivity index (χ4n) is 1.58. The monoisotopic (exact) mass is 359 g/mol. The molecule has 1 unspecified atom stereocenters. The van der Waals surface area contributed by atoms with Crippen LogP contribution in [0.15, 0.2) is 44.0 Å². The molecular weight excluding hydrogens is 350 g/mol. The Morgan fingerprint density at radius 3 is 2.44 bits per heavy atom. The number of hydrogen-bond acceptors (Lipinski definition) is 2. The lowest BCUT2D eigenvalue weighted by molar-refractivity contribution is 0.722. The lowest BCUT2D eigenvalue weighted by Crippen LogP contribution is -2.12. The molecule has 0 radical (unpaired) electrons. The first-order valence-electron chi connectivity index (χ1n) is 4.91. The third kappa shape index (κ3) is 2.94. The van der Waals surface area contributed by atoms with Crippen molar-refractivity contribution in [2.75, 3.05) is 0 Å². The summed E-state index contributed by atoms with van der Waals surface area (Å²) in [6.45, 7) is 0. The Hall–Kier alpha value is -0.160. The topological polar surface area (TPSA) is 26.0 Å². The zero-order valence-electron chi connectivity index (χ0n) is 8.49. The van der Waals surface area contributed by atoms with Crippen molar-refractivity contribution in [3.8, 4) is 0 Å². The fraction of sp³-hybridized carbons (Fsp3) is 0.167. The molecule has 1 aromatic heterocycles. The Kier molecular flexibility index (Phi) is 4.19. The van der Waals surface area contributed by atoms with E-state index in [-0.39, 0.29) is 6.04 Å². The van der Waals surface area contributed by atoms with Gasteiger partial charge < -0.3 is 5.73 Å². The van der Waals surface area contributed by atoms with Crippen molar-refractivity contribution in [1.82, 2.24) is 0 Å². The van der Waals surface area contributed by atoms with Gasteiger partial charge in [0.2, 0.25) is 0 Å². The number of halogens is 2.